The molecule has 28 heavy (non-hydrogen) atoms. The van der Waals surface area contributed by atoms with Gasteiger partial charge in [0.2, 0.25) is 5.91 Å². The highest BCUT2D eigenvalue weighted by Crippen LogP contribution is 2.22. The molecule has 1 N–H and O–H groups in total. The molecule has 3 heterocycles. The third-order valence-electron chi connectivity index (χ3n) is 4.00. The molecule has 140 valence electrons. The van der Waals surface area contributed by atoms with Crippen LogP contribution in [0.4, 0.5) is 0 Å². The molecule has 0 saturated carbocycles. The van der Waals surface area contributed by atoms with Crippen molar-refractivity contribution in [1.29, 1.82) is 0 Å². The molecule has 0 aliphatic rings. The second-order valence-corrected chi connectivity index (χ2v) is 6.36. The Bertz CT molecular complexity index is 1180. The second-order valence-electron chi connectivity index (χ2n) is 5.95. The largest absolute Gasteiger partial charge is 0.345 e. The van der Waals surface area contributed by atoms with Gasteiger partial charge in [-0.3, -0.25) is 9.20 Å². The topological polar surface area (TPSA) is 98.2 Å². The van der Waals surface area contributed by atoms with E-state index in [1.54, 1.807) is 23.5 Å². The highest BCUT2D eigenvalue weighted by molar-refractivity contribution is 6.32. The molecule has 0 radical (unpaired) electrons. The summed E-state index contributed by atoms with van der Waals surface area (Å²) >= 11 is 6.08. The molecule has 3 aromatic heterocycles. The maximum absolute atomic E-state index is 12.1. The third-order valence-corrected chi connectivity index (χ3v) is 4.35. The summed E-state index contributed by atoms with van der Waals surface area (Å²) in [4.78, 5) is 16.3. The number of carbonyl (C=O) groups excluding carboxylic acids is 1. The summed E-state index contributed by atoms with van der Waals surface area (Å²) in [7, 11) is 0. The van der Waals surface area contributed by atoms with Gasteiger partial charge in [0.15, 0.2) is 17.3 Å². The maximum atomic E-state index is 12.1. The smallest absolute Gasteiger partial charge is 0.261 e. The van der Waals surface area contributed by atoms with Crippen molar-refractivity contribution in [3.8, 4) is 11.5 Å². The fraction of sp³-hybridized carbons (Fsp3) is 0.105. The van der Waals surface area contributed by atoms with E-state index < -0.39 is 0 Å². The molecule has 0 unspecified atom stereocenters. The van der Waals surface area contributed by atoms with Crippen LogP contribution in [0.1, 0.15) is 17.2 Å². The normalized spacial score (nSPS) is 11.4. The van der Waals surface area contributed by atoms with Crippen LogP contribution in [-0.4, -0.2) is 30.6 Å². The Hall–Kier alpha value is -3.52. The first-order chi connectivity index (χ1) is 13.6. The predicted octanol–water partition coefficient (Wildman–Crippen LogP) is 3.07. The molecular weight excluding hydrogens is 380 g/mol. The fourth-order valence-corrected chi connectivity index (χ4v) is 2.86. The number of hydrogen-bond acceptors (Lipinski definition) is 6. The lowest BCUT2D eigenvalue weighted by molar-refractivity contribution is -0.116. The first kappa shape index (κ1) is 17.9. The number of hydrogen-bond donors (Lipinski definition) is 1. The van der Waals surface area contributed by atoms with E-state index in [2.05, 4.69) is 25.7 Å². The maximum Gasteiger partial charge on any atom is 0.261 e. The van der Waals surface area contributed by atoms with Gasteiger partial charge >= 0.3 is 0 Å². The van der Waals surface area contributed by atoms with Crippen LogP contribution in [0.3, 0.4) is 0 Å². The average molecular weight is 395 g/mol. The van der Waals surface area contributed by atoms with Gasteiger partial charge in [0.05, 0.1) is 12.1 Å². The number of rotatable bonds is 5. The number of nitrogens with one attached hydrogen (secondary N) is 1. The number of carbonyl (C=O) groups is 1. The standard InChI is InChI=1S/C19H15ClN6O2/c1-12-22-19(28-25-12)14-6-4-10-26-16(23-24-18(14)26)11-21-17(27)9-8-13-5-2-3-7-15(13)20/h2-10H,11H2,1H3,(H,21,27). The van der Waals surface area contributed by atoms with Crippen LogP contribution in [0.25, 0.3) is 23.2 Å². The zero-order valence-corrected chi connectivity index (χ0v) is 15.6. The lowest BCUT2D eigenvalue weighted by Gasteiger charge is -2.03. The van der Waals surface area contributed by atoms with Gasteiger partial charge in [-0.1, -0.05) is 35.0 Å². The van der Waals surface area contributed by atoms with Crippen LogP contribution in [0, 0.1) is 6.92 Å². The van der Waals surface area contributed by atoms with Crippen LogP contribution in [-0.2, 0) is 11.3 Å². The van der Waals surface area contributed by atoms with Crippen molar-refractivity contribution in [3.63, 3.8) is 0 Å². The quantitative estimate of drug-likeness (QED) is 0.522. The van der Waals surface area contributed by atoms with Gasteiger partial charge in [0.1, 0.15) is 0 Å². The molecule has 4 rings (SSSR count). The van der Waals surface area contributed by atoms with E-state index in [9.17, 15) is 4.79 Å². The van der Waals surface area contributed by atoms with E-state index in [1.807, 2.05) is 36.5 Å². The van der Waals surface area contributed by atoms with Gasteiger partial charge in [-0.05, 0) is 36.8 Å². The summed E-state index contributed by atoms with van der Waals surface area (Å²) in [5.41, 5.74) is 2.01. The Morgan fingerprint density at radius 1 is 1.25 bits per heavy atom. The zero-order chi connectivity index (χ0) is 19.5. The van der Waals surface area contributed by atoms with Crippen LogP contribution in [0.5, 0.6) is 0 Å². The summed E-state index contributed by atoms with van der Waals surface area (Å²) in [6.07, 6.45) is 4.90. The van der Waals surface area contributed by atoms with Gasteiger partial charge in [-0.15, -0.1) is 10.2 Å². The first-order valence-corrected chi connectivity index (χ1v) is 8.83. The molecule has 0 aliphatic heterocycles. The van der Waals surface area contributed by atoms with Crippen molar-refractivity contribution in [1.82, 2.24) is 30.1 Å². The Morgan fingerprint density at radius 3 is 2.89 bits per heavy atom. The van der Waals surface area contributed by atoms with Gasteiger partial charge in [-0.2, -0.15) is 4.98 Å². The lowest BCUT2D eigenvalue weighted by atomic mass is 10.2. The summed E-state index contributed by atoms with van der Waals surface area (Å²) in [6.45, 7) is 1.95. The van der Waals surface area contributed by atoms with Crippen molar-refractivity contribution < 1.29 is 9.32 Å². The minimum absolute atomic E-state index is 0.208. The van der Waals surface area contributed by atoms with Crippen LogP contribution >= 0.6 is 11.6 Å². The number of nitrogens with zero attached hydrogens (tertiary/aromatic N) is 5. The van der Waals surface area contributed by atoms with E-state index in [4.69, 9.17) is 16.1 Å². The van der Waals surface area contributed by atoms with Crippen molar-refractivity contribution in [3.05, 3.63) is 70.9 Å². The van der Waals surface area contributed by atoms with Crippen molar-refractivity contribution in [2.24, 2.45) is 0 Å². The van der Waals surface area contributed by atoms with Crippen molar-refractivity contribution in [2.45, 2.75) is 13.5 Å². The SMILES string of the molecule is Cc1noc(-c2cccn3c(CNC(=O)C=Cc4ccccc4Cl)nnc23)n1. The molecule has 8 nitrogen and oxygen atoms in total. The molecule has 1 amide bonds. The highest BCUT2D eigenvalue weighted by atomic mass is 35.5. The number of halogens is 1. The van der Waals surface area contributed by atoms with E-state index in [0.717, 1.165) is 5.56 Å². The molecule has 0 saturated heterocycles. The molecular formula is C19H15ClN6O2. The molecule has 0 fully saturated rings. The molecule has 0 bridgehead atoms. The Morgan fingerprint density at radius 2 is 2.11 bits per heavy atom. The Balaban J connectivity index is 1.50. The fourth-order valence-electron chi connectivity index (χ4n) is 2.66. The van der Waals surface area contributed by atoms with Crippen LogP contribution in [0.2, 0.25) is 5.02 Å². The molecule has 0 spiro atoms. The van der Waals surface area contributed by atoms with Crippen LogP contribution in [0.15, 0.2) is 53.2 Å². The summed E-state index contributed by atoms with van der Waals surface area (Å²) in [5, 5.41) is 15.5. The third kappa shape index (κ3) is 3.63. The average Bonchev–Trinajstić information content (AvgIpc) is 3.31. The number of fused-ring (bicyclic) bond motifs is 1. The highest BCUT2D eigenvalue weighted by Gasteiger charge is 2.15. The zero-order valence-electron chi connectivity index (χ0n) is 14.8. The van der Waals surface area contributed by atoms with E-state index in [0.29, 0.717) is 33.8 Å². The number of aromatic nitrogens is 5. The van der Waals surface area contributed by atoms with Crippen LogP contribution < -0.4 is 5.32 Å². The molecule has 1 aromatic carbocycles. The Kier molecular flexibility index (Phi) is 4.86. The monoisotopic (exact) mass is 394 g/mol. The number of pyridine rings is 1. The van der Waals surface area contributed by atoms with Gasteiger partial charge in [0.25, 0.3) is 5.89 Å². The number of amides is 1. The summed E-state index contributed by atoms with van der Waals surface area (Å²) < 4.78 is 6.99. The minimum Gasteiger partial charge on any atom is -0.345 e. The predicted molar refractivity (Wildman–Crippen MR) is 103 cm³/mol. The van der Waals surface area contributed by atoms with E-state index in [-0.39, 0.29) is 12.5 Å². The first-order valence-electron chi connectivity index (χ1n) is 8.45. The number of aryl methyl sites for hydroxylation is 1. The number of benzene rings is 1. The lowest BCUT2D eigenvalue weighted by Crippen LogP contribution is -2.21. The van der Waals surface area contributed by atoms with Crippen molar-refractivity contribution in [2.75, 3.05) is 0 Å². The molecule has 4 aromatic rings. The molecule has 0 atom stereocenters. The van der Waals surface area contributed by atoms with E-state index >= 15 is 0 Å². The van der Waals surface area contributed by atoms with E-state index in [1.165, 1.54) is 6.08 Å². The molecule has 9 heteroatoms. The second kappa shape index (κ2) is 7.61. The van der Waals surface area contributed by atoms with Gasteiger partial charge < -0.3 is 9.84 Å². The van der Waals surface area contributed by atoms with Gasteiger partial charge in [0, 0.05) is 17.3 Å². The van der Waals surface area contributed by atoms with Crippen molar-refractivity contribution >= 4 is 29.2 Å². The molecule has 0 aliphatic carbocycles. The summed E-state index contributed by atoms with van der Waals surface area (Å²) in [6, 6.07) is 10.9. The minimum atomic E-state index is -0.264. The summed E-state index contributed by atoms with van der Waals surface area (Å²) in [5.74, 6) is 1.22. The Labute approximate surface area is 164 Å². The van der Waals surface area contributed by atoms with Gasteiger partial charge in [-0.25, -0.2) is 0 Å².